The normalized spacial score (nSPS) is 26.0. The first-order valence-corrected chi connectivity index (χ1v) is 12.3. The molecule has 4 rings (SSSR count). The molecule has 1 amide bonds. The highest BCUT2D eigenvalue weighted by Gasteiger charge is 2.32. The molecule has 0 saturated carbocycles. The maximum atomic E-state index is 12.0. The first kappa shape index (κ1) is 22.2. The van der Waals surface area contributed by atoms with Gasteiger partial charge in [-0.15, -0.1) is 0 Å². The van der Waals surface area contributed by atoms with E-state index in [0.717, 1.165) is 50.7 Å². The van der Waals surface area contributed by atoms with E-state index < -0.39 is 0 Å². The summed E-state index contributed by atoms with van der Waals surface area (Å²) in [5.74, 6) is 0.778. The number of piperidine rings is 3. The minimum Gasteiger partial charge on any atom is -0.477 e. The number of hydrogen-bond acceptors (Lipinski definition) is 4. The molecule has 31 heavy (non-hydrogen) atoms. The third-order valence-corrected chi connectivity index (χ3v) is 7.51. The lowest BCUT2D eigenvalue weighted by atomic mass is 9.91. The second kappa shape index (κ2) is 10.5. The van der Waals surface area contributed by atoms with Gasteiger partial charge in [0, 0.05) is 19.1 Å². The summed E-state index contributed by atoms with van der Waals surface area (Å²) in [6, 6.07) is 9.52. The van der Waals surface area contributed by atoms with Gasteiger partial charge < -0.3 is 19.4 Å². The number of carbonyl (C=O) groups excluding carboxylic acids is 1. The van der Waals surface area contributed by atoms with E-state index in [0.29, 0.717) is 6.61 Å². The van der Waals surface area contributed by atoms with Crippen LogP contribution in [0.25, 0.3) is 0 Å². The van der Waals surface area contributed by atoms with Gasteiger partial charge in [-0.2, -0.15) is 0 Å². The summed E-state index contributed by atoms with van der Waals surface area (Å²) in [7, 11) is 0. The SMILES string of the molecule is C=C(OC[C@H]1CCCC(c2cccc(C)c2)N1C=O)N1CCC(N2CCCCC2)CC1. The Morgan fingerprint density at radius 3 is 2.55 bits per heavy atom. The molecular formula is C26H39N3O2. The van der Waals surface area contributed by atoms with Crippen LogP contribution < -0.4 is 0 Å². The molecule has 0 aromatic heterocycles. The smallest absolute Gasteiger partial charge is 0.210 e. The molecule has 0 radical (unpaired) electrons. The Morgan fingerprint density at radius 2 is 1.84 bits per heavy atom. The van der Waals surface area contributed by atoms with Gasteiger partial charge in [0.25, 0.3) is 0 Å². The van der Waals surface area contributed by atoms with Crippen LogP contribution in [0.4, 0.5) is 0 Å². The zero-order valence-corrected chi connectivity index (χ0v) is 19.2. The molecule has 2 atom stereocenters. The van der Waals surface area contributed by atoms with Crippen LogP contribution in [0.5, 0.6) is 0 Å². The molecule has 3 heterocycles. The van der Waals surface area contributed by atoms with Gasteiger partial charge in [0.2, 0.25) is 6.41 Å². The molecule has 3 fully saturated rings. The Bertz CT molecular complexity index is 738. The zero-order valence-electron chi connectivity index (χ0n) is 19.2. The second-order valence-electron chi connectivity index (χ2n) is 9.59. The molecule has 5 heteroatoms. The van der Waals surface area contributed by atoms with Crippen LogP contribution in [0.2, 0.25) is 0 Å². The van der Waals surface area contributed by atoms with Crippen molar-refractivity contribution in [2.24, 2.45) is 0 Å². The van der Waals surface area contributed by atoms with Crippen molar-refractivity contribution in [3.63, 3.8) is 0 Å². The Kier molecular flexibility index (Phi) is 7.54. The summed E-state index contributed by atoms with van der Waals surface area (Å²) in [6.07, 6.45) is 10.6. The molecule has 3 saturated heterocycles. The monoisotopic (exact) mass is 425 g/mol. The molecule has 170 valence electrons. The number of rotatable bonds is 7. The standard InChI is InChI=1S/C26H39N3O2/c1-21-8-6-9-23(18-21)26-11-7-10-25(29(26)20-30)19-31-22(2)27-16-12-24(13-17-27)28-14-4-3-5-15-28/h6,8-9,18,20,24-26H,2-5,7,10-17,19H2,1H3/t25-,26?/m1/s1. The van der Waals surface area contributed by atoms with Crippen LogP contribution in [-0.2, 0) is 9.53 Å². The first-order chi connectivity index (χ1) is 15.2. The van der Waals surface area contributed by atoms with E-state index in [1.165, 1.54) is 56.3 Å². The predicted octanol–water partition coefficient (Wildman–Crippen LogP) is 4.49. The number of nitrogens with zero attached hydrogens (tertiary/aromatic N) is 3. The fourth-order valence-corrected chi connectivity index (χ4v) is 5.69. The molecule has 0 spiro atoms. The van der Waals surface area contributed by atoms with E-state index in [1.807, 2.05) is 4.90 Å². The number of ether oxygens (including phenoxy) is 1. The lowest BCUT2D eigenvalue weighted by Gasteiger charge is -2.42. The summed E-state index contributed by atoms with van der Waals surface area (Å²) < 4.78 is 6.16. The summed E-state index contributed by atoms with van der Waals surface area (Å²) in [4.78, 5) is 19.0. The van der Waals surface area contributed by atoms with E-state index in [2.05, 4.69) is 47.6 Å². The fourth-order valence-electron chi connectivity index (χ4n) is 5.69. The lowest BCUT2D eigenvalue weighted by Crippen LogP contribution is -2.47. The average molecular weight is 426 g/mol. The topological polar surface area (TPSA) is 36.0 Å². The summed E-state index contributed by atoms with van der Waals surface area (Å²) in [6.45, 7) is 11.5. The fraction of sp³-hybridized carbons (Fsp3) is 0.654. The van der Waals surface area contributed by atoms with Crippen molar-refractivity contribution >= 4 is 6.41 Å². The summed E-state index contributed by atoms with van der Waals surface area (Å²) >= 11 is 0. The van der Waals surface area contributed by atoms with E-state index >= 15 is 0 Å². The third kappa shape index (κ3) is 5.43. The summed E-state index contributed by atoms with van der Waals surface area (Å²) in [5.41, 5.74) is 2.47. The maximum absolute atomic E-state index is 12.0. The van der Waals surface area contributed by atoms with E-state index in [1.54, 1.807) is 0 Å². The number of likely N-dealkylation sites (tertiary alicyclic amines) is 3. The van der Waals surface area contributed by atoms with Gasteiger partial charge in [0.1, 0.15) is 6.61 Å². The van der Waals surface area contributed by atoms with Crippen molar-refractivity contribution in [1.29, 1.82) is 0 Å². The third-order valence-electron chi connectivity index (χ3n) is 7.51. The van der Waals surface area contributed by atoms with Gasteiger partial charge in [-0.05, 0) is 77.1 Å². The van der Waals surface area contributed by atoms with Gasteiger partial charge >= 0.3 is 0 Å². The number of hydrogen-bond donors (Lipinski definition) is 0. The maximum Gasteiger partial charge on any atom is 0.210 e. The highest BCUT2D eigenvalue weighted by atomic mass is 16.5. The van der Waals surface area contributed by atoms with Gasteiger partial charge in [-0.1, -0.05) is 36.2 Å². The number of benzene rings is 1. The lowest BCUT2D eigenvalue weighted by molar-refractivity contribution is -0.126. The van der Waals surface area contributed by atoms with Crippen molar-refractivity contribution in [3.8, 4) is 0 Å². The molecule has 1 aromatic rings. The van der Waals surface area contributed by atoms with Crippen LogP contribution in [0, 0.1) is 6.92 Å². The van der Waals surface area contributed by atoms with Crippen molar-refractivity contribution in [2.45, 2.75) is 76.4 Å². The molecule has 3 aliphatic heterocycles. The van der Waals surface area contributed by atoms with Crippen molar-refractivity contribution in [2.75, 3.05) is 32.8 Å². The van der Waals surface area contributed by atoms with Crippen molar-refractivity contribution < 1.29 is 9.53 Å². The molecule has 1 aromatic carbocycles. The van der Waals surface area contributed by atoms with Gasteiger partial charge in [0.15, 0.2) is 5.88 Å². The second-order valence-corrected chi connectivity index (χ2v) is 9.59. The summed E-state index contributed by atoms with van der Waals surface area (Å²) in [5, 5.41) is 0. The van der Waals surface area contributed by atoms with Crippen molar-refractivity contribution in [1.82, 2.24) is 14.7 Å². The van der Waals surface area contributed by atoms with Crippen LogP contribution in [0.1, 0.15) is 68.5 Å². The minimum atomic E-state index is 0.111. The van der Waals surface area contributed by atoms with E-state index in [-0.39, 0.29) is 12.1 Å². The van der Waals surface area contributed by atoms with Crippen LogP contribution >= 0.6 is 0 Å². The molecule has 0 bridgehead atoms. The van der Waals surface area contributed by atoms with Gasteiger partial charge in [-0.3, -0.25) is 4.79 Å². The minimum absolute atomic E-state index is 0.111. The zero-order chi connectivity index (χ0) is 21.6. The quantitative estimate of drug-likeness (QED) is 0.477. The Balaban J connectivity index is 1.28. The molecule has 5 nitrogen and oxygen atoms in total. The largest absolute Gasteiger partial charge is 0.477 e. The van der Waals surface area contributed by atoms with E-state index in [4.69, 9.17) is 4.74 Å². The highest BCUT2D eigenvalue weighted by Crippen LogP contribution is 2.34. The number of aryl methyl sites for hydroxylation is 1. The van der Waals surface area contributed by atoms with Crippen LogP contribution in [0.3, 0.4) is 0 Å². The van der Waals surface area contributed by atoms with Crippen LogP contribution in [0.15, 0.2) is 36.7 Å². The van der Waals surface area contributed by atoms with Crippen LogP contribution in [-0.4, -0.2) is 66.0 Å². The Labute approximate surface area is 188 Å². The molecule has 3 aliphatic rings. The van der Waals surface area contributed by atoms with E-state index in [9.17, 15) is 4.79 Å². The predicted molar refractivity (Wildman–Crippen MR) is 125 cm³/mol. The molecule has 1 unspecified atom stereocenters. The molecule has 0 aliphatic carbocycles. The van der Waals surface area contributed by atoms with Gasteiger partial charge in [-0.25, -0.2) is 0 Å². The molecule has 0 N–H and O–H groups in total. The average Bonchev–Trinajstić information content (AvgIpc) is 2.83. The highest BCUT2D eigenvalue weighted by molar-refractivity contribution is 5.50. The van der Waals surface area contributed by atoms with Crippen molar-refractivity contribution in [3.05, 3.63) is 47.9 Å². The Hall–Kier alpha value is -2.01. The number of amides is 1. The number of carbonyl (C=O) groups is 1. The first-order valence-electron chi connectivity index (χ1n) is 12.3. The molecular weight excluding hydrogens is 386 g/mol. The Morgan fingerprint density at radius 1 is 1.06 bits per heavy atom. The van der Waals surface area contributed by atoms with Gasteiger partial charge in [0.05, 0.1) is 12.1 Å².